The fraction of sp³-hybridized carbons (Fsp3) is 0.600. The third-order valence-corrected chi connectivity index (χ3v) is 2.40. The lowest BCUT2D eigenvalue weighted by molar-refractivity contribution is -0.663. The Kier molecular flexibility index (Phi) is 7.80. The number of quaternary nitrogens is 1. The van der Waals surface area contributed by atoms with Gasteiger partial charge in [0.1, 0.15) is 0 Å². The number of rotatable bonds is 4. The zero-order valence-electron chi connectivity index (χ0n) is 9.25. The van der Waals surface area contributed by atoms with Crippen LogP contribution in [0.2, 0.25) is 0 Å². The lowest BCUT2D eigenvalue weighted by Crippen LogP contribution is -3.00. The average Bonchev–Trinajstić information content (AvgIpc) is 2.27. The number of amides is 2. The van der Waals surface area contributed by atoms with E-state index in [0.717, 1.165) is 38.8 Å². The van der Waals surface area contributed by atoms with Crippen molar-refractivity contribution in [3.63, 3.8) is 0 Å². The standard InChI is InChI=1S/C10H17N3O2.ClH/c1-2-9(14)12-10(15)3-6-13-7-4-11-5-8-13;/h2,11H,1,3-8H2,(H,12,14,15);1H. The summed E-state index contributed by atoms with van der Waals surface area (Å²) in [4.78, 5) is 24.3. The summed E-state index contributed by atoms with van der Waals surface area (Å²) in [5, 5.41) is 4.50. The fourth-order valence-electron chi connectivity index (χ4n) is 1.54. The van der Waals surface area contributed by atoms with Gasteiger partial charge in [0.2, 0.25) is 11.8 Å². The van der Waals surface area contributed by atoms with Crippen molar-refractivity contribution in [2.75, 3.05) is 32.7 Å². The van der Waals surface area contributed by atoms with Gasteiger partial charge in [-0.3, -0.25) is 19.8 Å². The number of hydrogen-bond acceptors (Lipinski definition) is 3. The van der Waals surface area contributed by atoms with Gasteiger partial charge in [0, 0.05) is 26.1 Å². The Morgan fingerprint density at radius 3 is 2.56 bits per heavy atom. The third-order valence-electron chi connectivity index (χ3n) is 2.40. The van der Waals surface area contributed by atoms with E-state index in [-0.39, 0.29) is 18.3 Å². The van der Waals surface area contributed by atoms with Crippen molar-refractivity contribution < 1.29 is 27.3 Å². The molecular formula is C10H18ClN3O2. The van der Waals surface area contributed by atoms with Gasteiger partial charge in [-0.25, -0.2) is 0 Å². The van der Waals surface area contributed by atoms with Gasteiger partial charge >= 0.3 is 0 Å². The summed E-state index contributed by atoms with van der Waals surface area (Å²) in [6.07, 6.45) is 1.48. The molecule has 16 heavy (non-hydrogen) atoms. The van der Waals surface area contributed by atoms with Crippen LogP contribution in [-0.4, -0.2) is 49.4 Å². The van der Waals surface area contributed by atoms with Crippen molar-refractivity contribution in [1.29, 1.82) is 0 Å². The molecule has 0 spiro atoms. The fourth-order valence-corrected chi connectivity index (χ4v) is 1.54. The molecule has 5 nitrogen and oxygen atoms in total. The molecule has 0 radical (unpaired) electrons. The van der Waals surface area contributed by atoms with Gasteiger partial charge in [-0.15, -0.1) is 0 Å². The number of hydrogen-bond donors (Lipinski definition) is 2. The summed E-state index contributed by atoms with van der Waals surface area (Å²) in [5.41, 5.74) is 0. The van der Waals surface area contributed by atoms with Crippen LogP contribution >= 0.6 is 0 Å². The minimum absolute atomic E-state index is 0. The largest absolute Gasteiger partial charge is 1.00 e. The molecule has 0 bridgehead atoms. The average molecular weight is 248 g/mol. The highest BCUT2D eigenvalue weighted by atomic mass is 35.5. The molecule has 0 aromatic carbocycles. The van der Waals surface area contributed by atoms with Crippen molar-refractivity contribution in [2.24, 2.45) is 0 Å². The molecule has 6 heteroatoms. The minimum atomic E-state index is -0.424. The normalized spacial score (nSPS) is 16.0. The molecule has 1 heterocycles. The van der Waals surface area contributed by atoms with Gasteiger partial charge in [0.25, 0.3) is 0 Å². The molecular weight excluding hydrogens is 230 g/mol. The molecule has 0 saturated carbocycles. The molecule has 2 amide bonds. The van der Waals surface area contributed by atoms with E-state index in [1.54, 1.807) is 0 Å². The number of piperazine rings is 1. The number of halogens is 1. The van der Waals surface area contributed by atoms with Gasteiger partial charge in [-0.05, 0) is 6.08 Å². The number of nitrogens with two attached hydrogens (primary N) is 1. The molecule has 1 saturated heterocycles. The highest BCUT2D eigenvalue weighted by Crippen LogP contribution is 1.91. The number of nitrogens with zero attached hydrogens (tertiary/aromatic N) is 1. The maximum Gasteiger partial charge on any atom is 0.249 e. The SMILES string of the molecule is C=CC(=O)NC(=O)CCN1CC[NH2+]CC1.[Cl-]. The monoisotopic (exact) mass is 247 g/mol. The maximum absolute atomic E-state index is 11.2. The second-order valence-corrected chi connectivity index (χ2v) is 3.57. The van der Waals surface area contributed by atoms with Crippen molar-refractivity contribution in [1.82, 2.24) is 10.2 Å². The Morgan fingerprint density at radius 2 is 2.00 bits per heavy atom. The summed E-state index contributed by atoms with van der Waals surface area (Å²) in [6.45, 7) is 8.23. The number of carbonyl (C=O) groups is 2. The Labute approximate surface area is 102 Å². The zero-order valence-corrected chi connectivity index (χ0v) is 10.0. The second-order valence-electron chi connectivity index (χ2n) is 3.57. The maximum atomic E-state index is 11.2. The van der Waals surface area contributed by atoms with Crippen LogP contribution in [0.15, 0.2) is 12.7 Å². The molecule has 0 atom stereocenters. The van der Waals surface area contributed by atoms with Gasteiger partial charge in [0.15, 0.2) is 0 Å². The lowest BCUT2D eigenvalue weighted by atomic mass is 10.3. The van der Waals surface area contributed by atoms with E-state index in [1.807, 2.05) is 0 Å². The van der Waals surface area contributed by atoms with Crippen LogP contribution < -0.4 is 23.0 Å². The van der Waals surface area contributed by atoms with E-state index in [4.69, 9.17) is 0 Å². The van der Waals surface area contributed by atoms with Crippen LogP contribution in [0.5, 0.6) is 0 Å². The van der Waals surface area contributed by atoms with E-state index >= 15 is 0 Å². The van der Waals surface area contributed by atoms with Crippen LogP contribution in [-0.2, 0) is 9.59 Å². The first kappa shape index (κ1) is 15.1. The van der Waals surface area contributed by atoms with Crippen LogP contribution in [0.3, 0.4) is 0 Å². The molecule has 0 unspecified atom stereocenters. The van der Waals surface area contributed by atoms with Crippen LogP contribution in [0.1, 0.15) is 6.42 Å². The first-order valence-corrected chi connectivity index (χ1v) is 5.22. The molecule has 1 aliphatic rings. The Morgan fingerprint density at radius 1 is 1.38 bits per heavy atom. The van der Waals surface area contributed by atoms with Crippen molar-refractivity contribution in [3.05, 3.63) is 12.7 Å². The molecule has 92 valence electrons. The first-order valence-electron chi connectivity index (χ1n) is 5.22. The highest BCUT2D eigenvalue weighted by molar-refractivity contribution is 6.00. The summed E-state index contributed by atoms with van der Waals surface area (Å²) in [5.74, 6) is -0.651. The Balaban J connectivity index is 0.00000225. The van der Waals surface area contributed by atoms with Gasteiger partial charge < -0.3 is 17.7 Å². The number of imide groups is 1. The summed E-state index contributed by atoms with van der Waals surface area (Å²) >= 11 is 0. The van der Waals surface area contributed by atoms with E-state index in [9.17, 15) is 9.59 Å². The van der Waals surface area contributed by atoms with E-state index in [2.05, 4.69) is 22.1 Å². The lowest BCUT2D eigenvalue weighted by Gasteiger charge is -2.24. The van der Waals surface area contributed by atoms with Gasteiger partial charge in [-0.1, -0.05) is 6.58 Å². The smallest absolute Gasteiger partial charge is 0.249 e. The second kappa shape index (κ2) is 8.27. The molecule has 0 aliphatic carbocycles. The summed E-state index contributed by atoms with van der Waals surface area (Å²) in [6, 6.07) is 0. The van der Waals surface area contributed by atoms with Crippen molar-refractivity contribution in [3.8, 4) is 0 Å². The third kappa shape index (κ3) is 5.85. The Bertz CT molecular complexity index is 252. The predicted octanol–water partition coefficient (Wildman–Crippen LogP) is -4.91. The van der Waals surface area contributed by atoms with Crippen LogP contribution in [0.4, 0.5) is 0 Å². The van der Waals surface area contributed by atoms with E-state index < -0.39 is 5.91 Å². The predicted molar refractivity (Wildman–Crippen MR) is 56.1 cm³/mol. The van der Waals surface area contributed by atoms with Crippen molar-refractivity contribution in [2.45, 2.75) is 6.42 Å². The molecule has 0 aromatic heterocycles. The minimum Gasteiger partial charge on any atom is -1.00 e. The molecule has 0 aromatic rings. The number of nitrogens with one attached hydrogen (secondary N) is 1. The summed E-state index contributed by atoms with van der Waals surface area (Å²) < 4.78 is 0. The number of carbonyl (C=O) groups excluding carboxylic acids is 2. The quantitative estimate of drug-likeness (QED) is 0.490. The van der Waals surface area contributed by atoms with Crippen molar-refractivity contribution >= 4 is 11.8 Å². The summed E-state index contributed by atoms with van der Waals surface area (Å²) in [7, 11) is 0. The van der Waals surface area contributed by atoms with Gasteiger partial charge in [0.05, 0.1) is 13.1 Å². The van der Waals surface area contributed by atoms with E-state index in [1.165, 1.54) is 0 Å². The van der Waals surface area contributed by atoms with Gasteiger partial charge in [-0.2, -0.15) is 0 Å². The molecule has 3 N–H and O–H groups in total. The molecule has 1 fully saturated rings. The zero-order chi connectivity index (χ0) is 11.1. The van der Waals surface area contributed by atoms with E-state index in [0.29, 0.717) is 6.42 Å². The first-order chi connectivity index (χ1) is 7.22. The topological polar surface area (TPSA) is 66.0 Å². The molecule has 1 aliphatic heterocycles. The van der Waals surface area contributed by atoms with Crippen LogP contribution in [0, 0.1) is 0 Å². The molecule has 1 rings (SSSR count). The Hall–Kier alpha value is -0.910. The highest BCUT2D eigenvalue weighted by Gasteiger charge is 2.13. The van der Waals surface area contributed by atoms with Crippen LogP contribution in [0.25, 0.3) is 0 Å².